The van der Waals surface area contributed by atoms with Gasteiger partial charge in [0.1, 0.15) is 9.84 Å². The summed E-state index contributed by atoms with van der Waals surface area (Å²) in [6.07, 6.45) is 2.97. The van der Waals surface area contributed by atoms with Crippen LogP contribution in [-0.4, -0.2) is 38.0 Å². The lowest BCUT2D eigenvalue weighted by Crippen LogP contribution is -2.38. The number of sulfone groups is 1. The third kappa shape index (κ3) is 8.80. The maximum absolute atomic E-state index is 10.9. The number of thioether (sulfide) groups is 1. The average molecular weight is 240 g/mol. The molecule has 1 unspecified atom stereocenters. The molecular formula is C8H20N2O2S2. The van der Waals surface area contributed by atoms with Gasteiger partial charge in [-0.3, -0.25) is 11.3 Å². The molecule has 3 N–H and O–H groups in total. The zero-order valence-electron chi connectivity index (χ0n) is 8.82. The monoisotopic (exact) mass is 240 g/mol. The van der Waals surface area contributed by atoms with Gasteiger partial charge in [-0.15, -0.1) is 0 Å². The first-order valence-corrected chi connectivity index (χ1v) is 7.92. The second-order valence-corrected chi connectivity index (χ2v) is 6.77. The fraction of sp³-hybridized carbons (Fsp3) is 1.00. The van der Waals surface area contributed by atoms with Gasteiger partial charge in [0.25, 0.3) is 0 Å². The summed E-state index contributed by atoms with van der Waals surface area (Å²) in [5, 5.41) is 0. The van der Waals surface area contributed by atoms with Gasteiger partial charge in [-0.25, -0.2) is 8.42 Å². The van der Waals surface area contributed by atoms with Crippen LogP contribution in [0.1, 0.15) is 19.8 Å². The summed E-state index contributed by atoms with van der Waals surface area (Å²) in [4.78, 5) is 0. The zero-order valence-corrected chi connectivity index (χ0v) is 10.5. The summed E-state index contributed by atoms with van der Waals surface area (Å²) in [5.41, 5.74) is 2.65. The number of hydrogen-bond acceptors (Lipinski definition) is 5. The van der Waals surface area contributed by atoms with E-state index in [0.29, 0.717) is 6.42 Å². The highest BCUT2D eigenvalue weighted by Gasteiger charge is 2.10. The lowest BCUT2D eigenvalue weighted by molar-refractivity contribution is 0.550. The standard InChI is InChI=1S/C8H20N2O2S2/c1-3-5-13-7-8(10-9)4-6-14(2,11)12/h8,10H,3-7,9H2,1-2H3. The molecule has 0 aromatic heterocycles. The van der Waals surface area contributed by atoms with Crippen molar-refractivity contribution < 1.29 is 8.42 Å². The second-order valence-electron chi connectivity index (χ2n) is 3.36. The van der Waals surface area contributed by atoms with Gasteiger partial charge in [0.05, 0.1) is 5.75 Å². The minimum Gasteiger partial charge on any atom is -0.271 e. The first-order valence-electron chi connectivity index (χ1n) is 4.71. The maximum atomic E-state index is 10.9. The van der Waals surface area contributed by atoms with E-state index in [1.165, 1.54) is 6.26 Å². The SMILES string of the molecule is CCCSCC(CCS(C)(=O)=O)NN. The first kappa shape index (κ1) is 14.2. The Balaban J connectivity index is 3.69. The van der Waals surface area contributed by atoms with Crippen molar-refractivity contribution in [3.05, 3.63) is 0 Å². The Bertz CT molecular complexity index is 229. The molecule has 0 aliphatic rings. The largest absolute Gasteiger partial charge is 0.271 e. The van der Waals surface area contributed by atoms with Crippen molar-refractivity contribution in [3.63, 3.8) is 0 Å². The molecule has 0 rings (SSSR count). The molecule has 86 valence electrons. The molecule has 1 atom stereocenters. The number of rotatable bonds is 8. The average Bonchev–Trinajstić information content (AvgIpc) is 2.09. The lowest BCUT2D eigenvalue weighted by Gasteiger charge is -2.14. The van der Waals surface area contributed by atoms with Crippen LogP contribution in [0.3, 0.4) is 0 Å². The Morgan fingerprint density at radius 1 is 1.50 bits per heavy atom. The molecule has 0 aromatic rings. The third-order valence-corrected chi connectivity index (χ3v) is 4.05. The van der Waals surface area contributed by atoms with E-state index >= 15 is 0 Å². The molecule has 6 heteroatoms. The molecule has 4 nitrogen and oxygen atoms in total. The number of hydrogen-bond donors (Lipinski definition) is 2. The normalized spacial score (nSPS) is 14.2. The fourth-order valence-corrected chi connectivity index (χ4v) is 2.66. The quantitative estimate of drug-likeness (QED) is 0.365. The zero-order chi connectivity index (χ0) is 11.0. The van der Waals surface area contributed by atoms with Crippen LogP contribution in [-0.2, 0) is 9.84 Å². The molecule has 0 heterocycles. The van der Waals surface area contributed by atoms with Crippen LogP contribution < -0.4 is 11.3 Å². The second kappa shape index (κ2) is 7.50. The maximum Gasteiger partial charge on any atom is 0.147 e. The van der Waals surface area contributed by atoms with E-state index in [1.54, 1.807) is 11.8 Å². The summed E-state index contributed by atoms with van der Waals surface area (Å²) >= 11 is 1.80. The predicted octanol–water partition coefficient (Wildman–Crippen LogP) is 0.396. The summed E-state index contributed by atoms with van der Waals surface area (Å²) in [6.45, 7) is 2.12. The Kier molecular flexibility index (Phi) is 7.62. The van der Waals surface area contributed by atoms with Crippen LogP contribution in [0.5, 0.6) is 0 Å². The van der Waals surface area contributed by atoms with E-state index < -0.39 is 9.84 Å². The summed E-state index contributed by atoms with van der Waals surface area (Å²) in [5.74, 6) is 7.50. The van der Waals surface area contributed by atoms with Crippen molar-refractivity contribution in [2.24, 2.45) is 5.84 Å². The van der Waals surface area contributed by atoms with Crippen molar-refractivity contribution in [3.8, 4) is 0 Å². The number of hydrazine groups is 1. The highest BCUT2D eigenvalue weighted by Crippen LogP contribution is 2.07. The summed E-state index contributed by atoms with van der Waals surface area (Å²) < 4.78 is 21.8. The van der Waals surface area contributed by atoms with Gasteiger partial charge >= 0.3 is 0 Å². The molecule has 0 aliphatic heterocycles. The van der Waals surface area contributed by atoms with Crippen LogP contribution in [0.25, 0.3) is 0 Å². The van der Waals surface area contributed by atoms with Gasteiger partial charge in [-0.05, 0) is 18.6 Å². The molecule has 0 fully saturated rings. The minimum atomic E-state index is -2.86. The third-order valence-electron chi connectivity index (χ3n) is 1.74. The van der Waals surface area contributed by atoms with Crippen molar-refractivity contribution in [2.75, 3.05) is 23.5 Å². The highest BCUT2D eigenvalue weighted by atomic mass is 32.2. The summed E-state index contributed by atoms with van der Waals surface area (Å²) in [6, 6.07) is 0.0984. The van der Waals surface area contributed by atoms with Crippen molar-refractivity contribution >= 4 is 21.6 Å². The molecule has 0 spiro atoms. The van der Waals surface area contributed by atoms with E-state index in [4.69, 9.17) is 5.84 Å². The van der Waals surface area contributed by atoms with Gasteiger partial charge in [0.15, 0.2) is 0 Å². The molecule has 0 bridgehead atoms. The van der Waals surface area contributed by atoms with Gasteiger partial charge in [0, 0.05) is 18.1 Å². The van der Waals surface area contributed by atoms with Gasteiger partial charge in [-0.2, -0.15) is 11.8 Å². The molecular weight excluding hydrogens is 220 g/mol. The van der Waals surface area contributed by atoms with Gasteiger partial charge < -0.3 is 0 Å². The van der Waals surface area contributed by atoms with E-state index in [0.717, 1.165) is 17.9 Å². The van der Waals surface area contributed by atoms with Crippen LogP contribution in [0, 0.1) is 0 Å². The van der Waals surface area contributed by atoms with Crippen molar-refractivity contribution in [1.29, 1.82) is 0 Å². The van der Waals surface area contributed by atoms with Gasteiger partial charge in [0.2, 0.25) is 0 Å². The molecule has 14 heavy (non-hydrogen) atoms. The Hall–Kier alpha value is 0.220. The van der Waals surface area contributed by atoms with E-state index in [9.17, 15) is 8.42 Å². The molecule has 0 radical (unpaired) electrons. The molecule has 0 aliphatic carbocycles. The highest BCUT2D eigenvalue weighted by molar-refractivity contribution is 7.99. The lowest BCUT2D eigenvalue weighted by atomic mass is 10.3. The first-order chi connectivity index (χ1) is 6.49. The number of nitrogens with two attached hydrogens (primary N) is 1. The predicted molar refractivity (Wildman–Crippen MR) is 63.1 cm³/mol. The topological polar surface area (TPSA) is 72.2 Å². The molecule has 0 saturated carbocycles. The number of nitrogens with one attached hydrogen (secondary N) is 1. The van der Waals surface area contributed by atoms with Crippen LogP contribution in [0.4, 0.5) is 0 Å². The van der Waals surface area contributed by atoms with Crippen LogP contribution in [0.2, 0.25) is 0 Å². The Morgan fingerprint density at radius 2 is 2.14 bits per heavy atom. The smallest absolute Gasteiger partial charge is 0.147 e. The van der Waals surface area contributed by atoms with Crippen LogP contribution >= 0.6 is 11.8 Å². The Morgan fingerprint density at radius 3 is 2.57 bits per heavy atom. The van der Waals surface area contributed by atoms with Crippen molar-refractivity contribution in [2.45, 2.75) is 25.8 Å². The van der Waals surface area contributed by atoms with E-state index in [-0.39, 0.29) is 11.8 Å². The summed E-state index contributed by atoms with van der Waals surface area (Å²) in [7, 11) is -2.86. The fourth-order valence-electron chi connectivity index (χ4n) is 0.941. The van der Waals surface area contributed by atoms with E-state index in [2.05, 4.69) is 12.3 Å². The van der Waals surface area contributed by atoms with E-state index in [1.807, 2.05) is 0 Å². The van der Waals surface area contributed by atoms with Gasteiger partial charge in [-0.1, -0.05) is 6.92 Å². The molecule has 0 saturated heterocycles. The minimum absolute atomic E-state index is 0.0984. The Labute approximate surface area is 90.9 Å². The van der Waals surface area contributed by atoms with Crippen LogP contribution in [0.15, 0.2) is 0 Å². The molecule has 0 amide bonds. The molecule has 0 aromatic carbocycles. The van der Waals surface area contributed by atoms with Crippen molar-refractivity contribution in [1.82, 2.24) is 5.43 Å².